The minimum atomic E-state index is -1.60. The molecule has 196 valence electrons. The molecule has 1 saturated carbocycles. The summed E-state index contributed by atoms with van der Waals surface area (Å²) in [5, 5.41) is 5.93. The van der Waals surface area contributed by atoms with Gasteiger partial charge in [0.25, 0.3) is 11.5 Å². The number of hydrogen-bond donors (Lipinski definition) is 4. The Balaban J connectivity index is 1.86. The van der Waals surface area contributed by atoms with E-state index >= 15 is 0 Å². The lowest BCUT2D eigenvalue weighted by Gasteiger charge is -2.22. The van der Waals surface area contributed by atoms with Crippen molar-refractivity contribution >= 4 is 45.9 Å². The topological polar surface area (TPSA) is 113 Å². The number of rotatable bonds is 9. The van der Waals surface area contributed by atoms with E-state index in [0.717, 1.165) is 18.4 Å². The molecule has 1 aliphatic carbocycles. The fraction of sp³-hybridized carbons (Fsp3) is 0.280. The highest BCUT2D eigenvalue weighted by atomic mass is 35.5. The van der Waals surface area contributed by atoms with Crippen LogP contribution in [0.5, 0.6) is 11.5 Å². The normalized spacial score (nSPS) is 13.7. The number of benzene rings is 2. The fourth-order valence-corrected chi connectivity index (χ4v) is 4.40. The lowest BCUT2D eigenvalue weighted by molar-refractivity contribution is 0.0948. The Kier molecular flexibility index (Phi) is 7.86. The Hall–Kier alpha value is -3.41. The number of nitrogens with one attached hydrogen (secondary N) is 4. The van der Waals surface area contributed by atoms with Gasteiger partial charge in [-0.05, 0) is 63.6 Å². The van der Waals surface area contributed by atoms with Gasteiger partial charge in [0.2, 0.25) is 0 Å². The summed E-state index contributed by atoms with van der Waals surface area (Å²) in [5.41, 5.74) is 0.868. The van der Waals surface area contributed by atoms with Crippen molar-refractivity contribution in [2.24, 2.45) is 7.05 Å². The zero-order valence-electron chi connectivity index (χ0n) is 20.7. The van der Waals surface area contributed by atoms with Crippen LogP contribution in [0.15, 0.2) is 41.2 Å². The van der Waals surface area contributed by atoms with Crippen LogP contribution in [0.4, 0.5) is 21.6 Å². The summed E-state index contributed by atoms with van der Waals surface area (Å²) >= 11 is 4.92. The molecule has 0 bridgehead atoms. The number of pyridine rings is 1. The van der Waals surface area contributed by atoms with Crippen molar-refractivity contribution in [3.63, 3.8) is 0 Å². The quantitative estimate of drug-likeness (QED) is 0.316. The average Bonchev–Trinajstić information content (AvgIpc) is 3.68. The first-order chi connectivity index (χ1) is 17.6. The predicted molar refractivity (Wildman–Crippen MR) is 144 cm³/mol. The van der Waals surface area contributed by atoms with E-state index in [0.29, 0.717) is 5.69 Å². The highest BCUT2D eigenvalue weighted by molar-refractivity contribution is 7.84. The summed E-state index contributed by atoms with van der Waals surface area (Å²) in [6.45, 7) is 3.29. The van der Waals surface area contributed by atoms with Crippen LogP contribution >= 0.6 is 11.6 Å². The van der Waals surface area contributed by atoms with Gasteiger partial charge in [0.1, 0.15) is 28.0 Å². The van der Waals surface area contributed by atoms with Gasteiger partial charge in [0.05, 0.1) is 16.9 Å². The molecular formula is C25H27ClFN5O4S. The zero-order chi connectivity index (χ0) is 26.9. The average molecular weight is 548 g/mol. The number of carbonyl (C=O) groups excluding carboxylic acids is 1. The SMILES string of the molecule is CNS(=O)Nc1cccc(Oc2c(C(=O)NC3CC3)c(Nc3ccc(C)cc3F)n(C)c(=O)c2C)c1Cl. The molecule has 0 saturated heterocycles. The van der Waals surface area contributed by atoms with Gasteiger partial charge in [0.15, 0.2) is 16.9 Å². The molecule has 2 aromatic carbocycles. The number of nitrogens with zero attached hydrogens (tertiary/aromatic N) is 1. The van der Waals surface area contributed by atoms with Gasteiger partial charge in [0, 0.05) is 13.1 Å². The number of aromatic nitrogens is 1. The Morgan fingerprint density at radius 2 is 1.92 bits per heavy atom. The molecule has 0 spiro atoms. The molecule has 4 rings (SSSR count). The van der Waals surface area contributed by atoms with E-state index in [9.17, 15) is 18.2 Å². The molecular weight excluding hydrogens is 521 g/mol. The summed E-state index contributed by atoms with van der Waals surface area (Å²) in [6, 6.07) is 9.39. The largest absolute Gasteiger partial charge is 0.454 e. The predicted octanol–water partition coefficient (Wildman–Crippen LogP) is 4.43. The van der Waals surface area contributed by atoms with E-state index in [1.54, 1.807) is 31.2 Å². The first-order valence-corrected chi connectivity index (χ1v) is 13.0. The molecule has 37 heavy (non-hydrogen) atoms. The van der Waals surface area contributed by atoms with Gasteiger partial charge >= 0.3 is 0 Å². The van der Waals surface area contributed by atoms with Gasteiger partial charge in [-0.3, -0.25) is 18.9 Å². The van der Waals surface area contributed by atoms with E-state index in [1.165, 1.54) is 37.7 Å². The first kappa shape index (κ1) is 26.6. The van der Waals surface area contributed by atoms with E-state index in [2.05, 4.69) is 20.1 Å². The standard InChI is InChI=1S/C25H27ClFN5O4S/c1-13-8-11-17(16(27)12-13)30-23-20(24(33)29-15-9-10-15)22(14(2)25(34)32(23)4)36-19-7-5-6-18(21(19)26)31-37(35)28-3/h5-8,11-12,15,28,30-31H,9-10H2,1-4H3,(H,29,33). The Morgan fingerprint density at radius 1 is 1.19 bits per heavy atom. The zero-order valence-corrected chi connectivity index (χ0v) is 22.3. The molecule has 1 aromatic heterocycles. The van der Waals surface area contributed by atoms with Crippen molar-refractivity contribution in [2.45, 2.75) is 32.7 Å². The molecule has 12 heteroatoms. The van der Waals surface area contributed by atoms with Crippen LogP contribution in [0, 0.1) is 19.7 Å². The minimum Gasteiger partial charge on any atom is -0.454 e. The minimum absolute atomic E-state index is 0.00879. The monoisotopic (exact) mass is 547 g/mol. The highest BCUT2D eigenvalue weighted by Crippen LogP contribution is 2.39. The molecule has 0 radical (unpaired) electrons. The number of ether oxygens (including phenoxy) is 1. The lowest BCUT2D eigenvalue weighted by atomic mass is 10.1. The van der Waals surface area contributed by atoms with Gasteiger partial charge in [-0.25, -0.2) is 13.3 Å². The van der Waals surface area contributed by atoms with Crippen LogP contribution in [0.3, 0.4) is 0 Å². The summed E-state index contributed by atoms with van der Waals surface area (Å²) in [4.78, 5) is 26.7. The van der Waals surface area contributed by atoms with Crippen LogP contribution in [0.25, 0.3) is 0 Å². The summed E-state index contributed by atoms with van der Waals surface area (Å²) in [6.07, 6.45) is 1.67. The number of halogens is 2. The molecule has 3 aromatic rings. The van der Waals surface area contributed by atoms with E-state index in [-0.39, 0.29) is 45.2 Å². The molecule has 1 aliphatic rings. The number of anilines is 3. The van der Waals surface area contributed by atoms with Crippen LogP contribution in [-0.4, -0.2) is 27.8 Å². The maximum absolute atomic E-state index is 14.7. The third kappa shape index (κ3) is 5.79. The van der Waals surface area contributed by atoms with Crippen molar-refractivity contribution in [3.05, 3.63) is 74.3 Å². The van der Waals surface area contributed by atoms with Crippen LogP contribution in [0.2, 0.25) is 5.02 Å². The van der Waals surface area contributed by atoms with Crippen molar-refractivity contribution in [1.82, 2.24) is 14.6 Å². The second-order valence-corrected chi connectivity index (χ2v) is 10.2. The van der Waals surface area contributed by atoms with Crippen molar-refractivity contribution in [1.29, 1.82) is 0 Å². The maximum Gasteiger partial charge on any atom is 0.259 e. The Bertz CT molecular complexity index is 1460. The summed E-state index contributed by atoms with van der Waals surface area (Å²) < 4.78 is 39.3. The second-order valence-electron chi connectivity index (χ2n) is 8.69. The molecule has 1 amide bonds. The molecule has 9 nitrogen and oxygen atoms in total. The highest BCUT2D eigenvalue weighted by Gasteiger charge is 2.31. The van der Waals surface area contributed by atoms with Gasteiger partial charge in [-0.15, -0.1) is 0 Å². The van der Waals surface area contributed by atoms with Crippen LogP contribution < -0.4 is 30.4 Å². The van der Waals surface area contributed by atoms with Crippen LogP contribution in [0.1, 0.15) is 34.3 Å². The third-order valence-electron chi connectivity index (χ3n) is 5.85. The maximum atomic E-state index is 14.7. The van der Waals surface area contributed by atoms with Crippen LogP contribution in [-0.2, 0) is 18.2 Å². The van der Waals surface area contributed by atoms with E-state index in [1.807, 2.05) is 0 Å². The smallest absolute Gasteiger partial charge is 0.259 e. The molecule has 1 atom stereocenters. The fourth-order valence-electron chi connectivity index (χ4n) is 3.66. The molecule has 4 N–H and O–H groups in total. The van der Waals surface area contributed by atoms with Gasteiger partial charge in [-0.2, -0.15) is 0 Å². The van der Waals surface area contributed by atoms with Crippen molar-refractivity contribution in [2.75, 3.05) is 17.1 Å². The molecule has 1 heterocycles. The lowest BCUT2D eigenvalue weighted by Crippen LogP contribution is -2.31. The van der Waals surface area contributed by atoms with E-state index in [4.69, 9.17) is 16.3 Å². The van der Waals surface area contributed by atoms with Gasteiger partial charge in [-0.1, -0.05) is 23.7 Å². The van der Waals surface area contributed by atoms with Crippen molar-refractivity contribution < 1.29 is 18.1 Å². The number of aryl methyl sites for hydroxylation is 1. The molecule has 1 fully saturated rings. The number of amides is 1. The first-order valence-electron chi connectivity index (χ1n) is 11.5. The molecule has 1 unspecified atom stereocenters. The number of hydrogen-bond acceptors (Lipinski definition) is 5. The number of carbonyl (C=O) groups is 1. The summed E-state index contributed by atoms with van der Waals surface area (Å²) in [7, 11) is 3.00. The van der Waals surface area contributed by atoms with Crippen molar-refractivity contribution in [3.8, 4) is 11.5 Å². The third-order valence-corrected chi connectivity index (χ3v) is 7.01. The van der Waals surface area contributed by atoms with Gasteiger partial charge < -0.3 is 15.4 Å². The van der Waals surface area contributed by atoms with E-state index < -0.39 is 28.5 Å². The summed E-state index contributed by atoms with van der Waals surface area (Å²) in [5.74, 6) is -0.849. The molecule has 0 aliphatic heterocycles. The Labute approximate surface area is 221 Å². The Morgan fingerprint density at radius 3 is 2.57 bits per heavy atom. The second kappa shape index (κ2) is 10.9.